The van der Waals surface area contributed by atoms with Gasteiger partial charge in [-0.25, -0.2) is 4.98 Å². The van der Waals surface area contributed by atoms with Crippen molar-refractivity contribution in [1.82, 2.24) is 15.0 Å². The van der Waals surface area contributed by atoms with E-state index in [-0.39, 0.29) is 0 Å². The Kier molecular flexibility index (Phi) is 3.74. The van der Waals surface area contributed by atoms with Gasteiger partial charge in [0, 0.05) is 11.6 Å². The van der Waals surface area contributed by atoms with Crippen LogP contribution in [-0.4, -0.2) is 15.0 Å². The molecule has 0 saturated carbocycles. The van der Waals surface area contributed by atoms with Crippen molar-refractivity contribution >= 4 is 33.6 Å². The van der Waals surface area contributed by atoms with Crippen LogP contribution in [0.15, 0.2) is 52.4 Å². The molecule has 0 bridgehead atoms. The molecule has 0 amide bonds. The van der Waals surface area contributed by atoms with Crippen LogP contribution in [0.3, 0.4) is 0 Å². The molecule has 0 saturated heterocycles. The minimum atomic E-state index is 0.452. The van der Waals surface area contributed by atoms with Gasteiger partial charge >= 0.3 is 6.01 Å². The highest BCUT2D eigenvalue weighted by Gasteiger charge is 2.11. The van der Waals surface area contributed by atoms with Crippen molar-refractivity contribution in [3.63, 3.8) is 0 Å². The van der Waals surface area contributed by atoms with Crippen LogP contribution in [0.5, 0.6) is 0 Å². The lowest BCUT2D eigenvalue weighted by molar-refractivity contribution is 0.623. The number of rotatable bonds is 4. The number of aromatic nitrogens is 3. The maximum absolute atomic E-state index is 5.75. The summed E-state index contributed by atoms with van der Waals surface area (Å²) in [4.78, 5) is 13.4. The summed E-state index contributed by atoms with van der Waals surface area (Å²) in [6.07, 6.45) is 1.76. The number of hydrogen-bond donors (Lipinski definition) is 1. The molecular weight excluding hydrogens is 320 g/mol. The lowest BCUT2D eigenvalue weighted by atomic mass is 10.0. The Balaban J connectivity index is 1.59. The first-order valence-electron chi connectivity index (χ1n) is 7.73. The van der Waals surface area contributed by atoms with E-state index in [0.29, 0.717) is 11.9 Å². The highest BCUT2D eigenvalue weighted by molar-refractivity contribution is 7.14. The molecular formula is C18H16N4OS. The maximum atomic E-state index is 5.75. The summed E-state index contributed by atoms with van der Waals surface area (Å²) in [7, 11) is 0. The van der Waals surface area contributed by atoms with Crippen LogP contribution < -0.4 is 5.32 Å². The number of oxazole rings is 1. The topological polar surface area (TPSA) is 63.8 Å². The number of pyridine rings is 1. The van der Waals surface area contributed by atoms with Crippen LogP contribution in [0, 0.1) is 0 Å². The van der Waals surface area contributed by atoms with Crippen molar-refractivity contribution in [3.05, 3.63) is 53.5 Å². The lowest BCUT2D eigenvalue weighted by Crippen LogP contribution is -1.90. The fourth-order valence-electron chi connectivity index (χ4n) is 2.41. The smallest absolute Gasteiger partial charge is 0.302 e. The van der Waals surface area contributed by atoms with Crippen LogP contribution >= 0.6 is 11.3 Å². The van der Waals surface area contributed by atoms with Gasteiger partial charge in [-0.1, -0.05) is 26.0 Å². The molecule has 4 rings (SSSR count). The number of benzene rings is 1. The first-order chi connectivity index (χ1) is 11.7. The van der Waals surface area contributed by atoms with Crippen molar-refractivity contribution in [2.75, 3.05) is 5.32 Å². The average Bonchev–Trinajstić information content (AvgIpc) is 3.21. The molecule has 0 aliphatic rings. The molecule has 3 aromatic heterocycles. The Morgan fingerprint density at radius 1 is 1.08 bits per heavy atom. The van der Waals surface area contributed by atoms with E-state index in [0.717, 1.165) is 27.6 Å². The number of anilines is 2. The summed E-state index contributed by atoms with van der Waals surface area (Å²) in [5.74, 6) is 0.461. The predicted molar refractivity (Wildman–Crippen MR) is 96.7 cm³/mol. The molecule has 6 heteroatoms. The van der Waals surface area contributed by atoms with E-state index in [1.165, 1.54) is 16.9 Å². The molecule has 0 aliphatic carbocycles. The van der Waals surface area contributed by atoms with Crippen molar-refractivity contribution < 1.29 is 4.42 Å². The van der Waals surface area contributed by atoms with Crippen LogP contribution in [-0.2, 0) is 0 Å². The molecule has 0 spiro atoms. The number of hydrogen-bond acceptors (Lipinski definition) is 6. The molecule has 0 fully saturated rings. The molecule has 0 unspecified atom stereocenters. The second-order valence-electron chi connectivity index (χ2n) is 5.78. The zero-order valence-corrected chi connectivity index (χ0v) is 14.2. The largest absolute Gasteiger partial charge is 0.423 e. The first-order valence-corrected chi connectivity index (χ1v) is 8.61. The molecule has 1 N–H and O–H groups in total. The van der Waals surface area contributed by atoms with E-state index >= 15 is 0 Å². The molecule has 1 aromatic carbocycles. The van der Waals surface area contributed by atoms with Gasteiger partial charge in [-0.2, -0.15) is 4.98 Å². The summed E-state index contributed by atoms with van der Waals surface area (Å²) in [5.41, 5.74) is 4.55. The van der Waals surface area contributed by atoms with Gasteiger partial charge in [-0.3, -0.25) is 10.3 Å². The van der Waals surface area contributed by atoms with Crippen molar-refractivity contribution in [2.24, 2.45) is 0 Å². The van der Waals surface area contributed by atoms with E-state index in [2.05, 4.69) is 46.2 Å². The SMILES string of the molecule is CC(C)c1ccc2oc(Nc3nc(-c4ccccn4)cs3)nc2c1. The van der Waals surface area contributed by atoms with Crippen molar-refractivity contribution in [2.45, 2.75) is 19.8 Å². The molecule has 4 aromatic rings. The monoisotopic (exact) mass is 336 g/mol. The number of thiazole rings is 1. The van der Waals surface area contributed by atoms with E-state index in [1.54, 1.807) is 6.20 Å². The minimum absolute atomic E-state index is 0.452. The Hall–Kier alpha value is -2.73. The van der Waals surface area contributed by atoms with Crippen LogP contribution in [0.4, 0.5) is 11.1 Å². The third-order valence-electron chi connectivity index (χ3n) is 3.72. The fraction of sp³-hybridized carbons (Fsp3) is 0.167. The van der Waals surface area contributed by atoms with E-state index in [1.807, 2.05) is 29.6 Å². The fourth-order valence-corrected chi connectivity index (χ4v) is 3.11. The Morgan fingerprint density at radius 3 is 2.79 bits per heavy atom. The van der Waals surface area contributed by atoms with Gasteiger partial charge in [0.25, 0.3) is 0 Å². The Bertz CT molecular complexity index is 975. The van der Waals surface area contributed by atoms with Gasteiger partial charge in [-0.15, -0.1) is 11.3 Å². The third-order valence-corrected chi connectivity index (χ3v) is 4.48. The second kappa shape index (κ2) is 6.05. The van der Waals surface area contributed by atoms with Crippen LogP contribution in [0.25, 0.3) is 22.5 Å². The summed E-state index contributed by atoms with van der Waals surface area (Å²) >= 11 is 1.49. The number of fused-ring (bicyclic) bond motifs is 1. The van der Waals surface area contributed by atoms with E-state index < -0.39 is 0 Å². The maximum Gasteiger partial charge on any atom is 0.302 e. The van der Waals surface area contributed by atoms with Gasteiger partial charge in [0.1, 0.15) is 11.2 Å². The zero-order valence-electron chi connectivity index (χ0n) is 13.4. The lowest BCUT2D eigenvalue weighted by Gasteiger charge is -2.02. The third kappa shape index (κ3) is 2.88. The molecule has 0 radical (unpaired) electrons. The molecule has 24 heavy (non-hydrogen) atoms. The molecule has 0 aliphatic heterocycles. The highest BCUT2D eigenvalue weighted by atomic mass is 32.1. The molecule has 0 atom stereocenters. The molecule has 3 heterocycles. The van der Waals surface area contributed by atoms with E-state index in [9.17, 15) is 0 Å². The Labute approximate surface area is 143 Å². The quantitative estimate of drug-likeness (QED) is 0.554. The van der Waals surface area contributed by atoms with Gasteiger partial charge in [0.05, 0.1) is 5.69 Å². The van der Waals surface area contributed by atoms with Crippen LogP contribution in [0.1, 0.15) is 25.3 Å². The van der Waals surface area contributed by atoms with E-state index in [4.69, 9.17) is 4.42 Å². The van der Waals surface area contributed by atoms with Crippen molar-refractivity contribution in [3.8, 4) is 11.4 Å². The molecule has 120 valence electrons. The van der Waals surface area contributed by atoms with Gasteiger partial charge in [0.15, 0.2) is 10.7 Å². The van der Waals surface area contributed by atoms with Gasteiger partial charge < -0.3 is 4.42 Å². The Morgan fingerprint density at radius 2 is 2.00 bits per heavy atom. The standard InChI is InChI=1S/C18H16N4OS/c1-11(2)12-6-7-16-14(9-12)20-17(23-16)22-18-21-15(10-24-18)13-5-3-4-8-19-13/h3-11H,1-2H3,(H,20,21,22). The van der Waals surface area contributed by atoms with Gasteiger partial charge in [0.2, 0.25) is 0 Å². The average molecular weight is 336 g/mol. The van der Waals surface area contributed by atoms with Gasteiger partial charge in [-0.05, 0) is 35.7 Å². The summed E-state index contributed by atoms with van der Waals surface area (Å²) < 4.78 is 5.75. The number of nitrogens with zero attached hydrogens (tertiary/aromatic N) is 3. The highest BCUT2D eigenvalue weighted by Crippen LogP contribution is 2.28. The second-order valence-corrected chi connectivity index (χ2v) is 6.64. The minimum Gasteiger partial charge on any atom is -0.423 e. The normalized spacial score (nSPS) is 11.3. The van der Waals surface area contributed by atoms with Crippen LogP contribution in [0.2, 0.25) is 0 Å². The zero-order chi connectivity index (χ0) is 16.5. The van der Waals surface area contributed by atoms with Crippen molar-refractivity contribution in [1.29, 1.82) is 0 Å². The first kappa shape index (κ1) is 14.8. The molecule has 5 nitrogen and oxygen atoms in total. The summed E-state index contributed by atoms with van der Waals surface area (Å²) in [6.45, 7) is 4.32. The number of nitrogens with one attached hydrogen (secondary N) is 1. The predicted octanol–water partition coefficient (Wildman–Crippen LogP) is 5.21. The summed E-state index contributed by atoms with van der Waals surface area (Å²) in [6, 6.07) is 12.3. The summed E-state index contributed by atoms with van der Waals surface area (Å²) in [5, 5.41) is 5.82.